The Bertz CT molecular complexity index is 1490. The first-order valence-electron chi connectivity index (χ1n) is 11.6. The van der Waals surface area contributed by atoms with Crippen LogP contribution in [0, 0.1) is 11.3 Å². The molecule has 3 heterocycles. The summed E-state index contributed by atoms with van der Waals surface area (Å²) in [6.07, 6.45) is -3.44. The van der Waals surface area contributed by atoms with E-state index in [0.29, 0.717) is 59.4 Å². The minimum absolute atomic E-state index is 0.146. The number of aromatic amines is 1. The molecule has 1 fully saturated rings. The number of halogens is 3. The maximum absolute atomic E-state index is 12.7. The van der Waals surface area contributed by atoms with Crippen LogP contribution in [0.4, 0.5) is 34.3 Å². The van der Waals surface area contributed by atoms with Crippen LogP contribution in [0.3, 0.4) is 0 Å². The van der Waals surface area contributed by atoms with Crippen molar-refractivity contribution in [2.45, 2.75) is 6.36 Å². The number of aromatic nitrogens is 3. The zero-order valence-corrected chi connectivity index (χ0v) is 20.9. The average Bonchev–Trinajstić information content (AvgIpc) is 3.58. The number of carbonyl (C=O) groups excluding carboxylic acids is 1. The molecule has 2 aromatic carbocycles. The first kappa shape index (κ1) is 26.0. The number of alkyl halides is 3. The average molecular weight is 556 g/mol. The van der Waals surface area contributed by atoms with Gasteiger partial charge in [-0.3, -0.25) is 5.10 Å². The molecule has 1 aliphatic heterocycles. The highest BCUT2D eigenvalue weighted by Gasteiger charge is 2.32. The highest BCUT2D eigenvalue weighted by molar-refractivity contribution is 7.20. The van der Waals surface area contributed by atoms with Gasteiger partial charge in [0.15, 0.2) is 11.6 Å². The van der Waals surface area contributed by atoms with E-state index in [0.717, 1.165) is 11.1 Å². The van der Waals surface area contributed by atoms with Crippen LogP contribution in [0.5, 0.6) is 5.75 Å². The summed E-state index contributed by atoms with van der Waals surface area (Å²) >= 11 is 1.42. The number of urea groups is 1. The van der Waals surface area contributed by atoms with Gasteiger partial charge in [-0.15, -0.1) is 24.5 Å². The lowest BCUT2D eigenvalue weighted by Crippen LogP contribution is -2.36. The fourth-order valence-corrected chi connectivity index (χ4v) is 5.32. The number of rotatable bonds is 6. The summed E-state index contributed by atoms with van der Waals surface area (Å²) in [5.41, 5.74) is 2.09. The predicted octanol–water partition coefficient (Wildman–Crippen LogP) is 5.45. The number of morpholine rings is 1. The maximum atomic E-state index is 12.7. The molecule has 0 unspecified atom stereocenters. The first-order chi connectivity index (χ1) is 18.8. The summed E-state index contributed by atoms with van der Waals surface area (Å²) in [6, 6.07) is 13.5. The third-order valence-corrected chi connectivity index (χ3v) is 6.96. The molecule has 2 aromatic heterocycles. The molecule has 0 aliphatic carbocycles. The van der Waals surface area contributed by atoms with Crippen molar-refractivity contribution < 1.29 is 27.4 Å². The summed E-state index contributed by atoms with van der Waals surface area (Å²) in [4.78, 5) is 19.6. The Morgan fingerprint density at radius 1 is 1.13 bits per heavy atom. The maximum Gasteiger partial charge on any atom is 0.573 e. The largest absolute Gasteiger partial charge is 0.573 e. The molecule has 3 N–H and O–H groups in total. The van der Waals surface area contributed by atoms with Crippen LogP contribution < -0.4 is 20.3 Å². The number of amides is 2. The topological polar surface area (TPSA) is 128 Å². The van der Waals surface area contributed by atoms with Gasteiger partial charge >= 0.3 is 12.4 Å². The van der Waals surface area contributed by atoms with Crippen LogP contribution in [0.15, 0.2) is 54.9 Å². The van der Waals surface area contributed by atoms with Crippen molar-refractivity contribution in [2.24, 2.45) is 0 Å². The number of hydrogen-bond donors (Lipinski definition) is 3. The standard InChI is InChI=1S/C25H20F3N7O3S/c26-25(27,28)38-19-4-2-1-3-18(19)33-24(36)32-16-7-5-15(6-8-16)20-17(13-29)23(35-9-11-37-12-10-35)39-21(20)22-30-14-31-34-22/h1-8,14H,9-12H2,(H,30,31,34)(H2,32,33,36). The number of benzene rings is 2. The van der Waals surface area contributed by atoms with Crippen molar-refractivity contribution in [1.82, 2.24) is 15.2 Å². The van der Waals surface area contributed by atoms with Crippen molar-refractivity contribution >= 4 is 33.7 Å². The lowest BCUT2D eigenvalue weighted by molar-refractivity contribution is -0.274. The van der Waals surface area contributed by atoms with Crippen molar-refractivity contribution in [3.8, 4) is 33.6 Å². The third kappa shape index (κ3) is 5.95. The van der Waals surface area contributed by atoms with Crippen LogP contribution >= 0.6 is 11.3 Å². The van der Waals surface area contributed by atoms with Crippen LogP contribution in [-0.2, 0) is 4.74 Å². The molecule has 10 nitrogen and oxygen atoms in total. The second kappa shape index (κ2) is 11.0. The fourth-order valence-electron chi connectivity index (χ4n) is 4.05. The molecular weight excluding hydrogens is 535 g/mol. The Hall–Kier alpha value is -4.61. The molecule has 39 heavy (non-hydrogen) atoms. The van der Waals surface area contributed by atoms with Gasteiger partial charge in [0.05, 0.1) is 29.3 Å². The summed E-state index contributed by atoms with van der Waals surface area (Å²) in [6.45, 7) is 2.42. The zero-order valence-electron chi connectivity index (χ0n) is 20.1. The van der Waals surface area contributed by atoms with E-state index >= 15 is 0 Å². The number of anilines is 3. The molecule has 1 saturated heterocycles. The van der Waals surface area contributed by atoms with E-state index in [1.54, 1.807) is 24.3 Å². The molecular formula is C25H20F3N7O3S. The normalized spacial score (nSPS) is 13.5. The van der Waals surface area contributed by atoms with Gasteiger partial charge < -0.3 is 25.0 Å². The number of nitriles is 1. The molecule has 4 aromatic rings. The quantitative estimate of drug-likeness (QED) is 0.289. The first-order valence-corrected chi connectivity index (χ1v) is 12.4. The Morgan fingerprint density at radius 3 is 2.54 bits per heavy atom. The summed E-state index contributed by atoms with van der Waals surface area (Å²) < 4.78 is 47.4. The highest BCUT2D eigenvalue weighted by Crippen LogP contribution is 2.46. The fraction of sp³-hybridized carbons (Fsp3) is 0.200. The molecule has 200 valence electrons. The Labute approximate surface area is 224 Å². The van der Waals surface area contributed by atoms with Crippen molar-refractivity contribution in [3.63, 3.8) is 0 Å². The van der Waals surface area contributed by atoms with Gasteiger partial charge in [-0.1, -0.05) is 24.3 Å². The van der Waals surface area contributed by atoms with E-state index in [4.69, 9.17) is 4.74 Å². The van der Waals surface area contributed by atoms with Crippen molar-refractivity contribution in [2.75, 3.05) is 41.8 Å². The molecule has 5 rings (SSSR count). The van der Waals surface area contributed by atoms with Gasteiger partial charge in [-0.2, -0.15) is 10.4 Å². The van der Waals surface area contributed by atoms with E-state index in [9.17, 15) is 23.2 Å². The third-order valence-electron chi connectivity index (χ3n) is 5.71. The van der Waals surface area contributed by atoms with E-state index in [-0.39, 0.29) is 5.69 Å². The second-order valence-electron chi connectivity index (χ2n) is 8.22. The minimum atomic E-state index is -4.90. The molecule has 1 aliphatic rings. The number of nitrogens with one attached hydrogen (secondary N) is 3. The summed E-state index contributed by atoms with van der Waals surface area (Å²) in [7, 11) is 0. The summed E-state index contributed by atoms with van der Waals surface area (Å²) in [5, 5.41) is 22.8. The Kier molecular flexibility index (Phi) is 7.35. The smallest absolute Gasteiger partial charge is 0.404 e. The molecule has 2 amide bonds. The SMILES string of the molecule is N#Cc1c(N2CCOCC2)sc(-c2nc[nH]n2)c1-c1ccc(NC(=O)Nc2ccccc2OC(F)(F)F)cc1. The van der Waals surface area contributed by atoms with E-state index in [1.807, 2.05) is 0 Å². The van der Waals surface area contributed by atoms with Gasteiger partial charge in [0, 0.05) is 24.3 Å². The lowest BCUT2D eigenvalue weighted by Gasteiger charge is -2.27. The van der Waals surface area contributed by atoms with Gasteiger partial charge in [-0.25, -0.2) is 9.78 Å². The Morgan fingerprint density at radius 2 is 1.87 bits per heavy atom. The van der Waals surface area contributed by atoms with Crippen LogP contribution in [0.2, 0.25) is 0 Å². The monoisotopic (exact) mass is 555 g/mol. The number of ether oxygens (including phenoxy) is 2. The minimum Gasteiger partial charge on any atom is -0.404 e. The van der Waals surface area contributed by atoms with Gasteiger partial charge in [0.2, 0.25) is 0 Å². The molecule has 0 bridgehead atoms. The zero-order chi connectivity index (χ0) is 27.4. The molecule has 14 heteroatoms. The highest BCUT2D eigenvalue weighted by atomic mass is 32.1. The number of nitrogens with zero attached hydrogens (tertiary/aromatic N) is 4. The molecule has 0 radical (unpaired) electrons. The molecule has 0 saturated carbocycles. The van der Waals surface area contributed by atoms with Crippen LogP contribution in [0.25, 0.3) is 21.8 Å². The predicted molar refractivity (Wildman–Crippen MR) is 139 cm³/mol. The van der Waals surface area contributed by atoms with Crippen LogP contribution in [-0.4, -0.2) is 53.9 Å². The number of para-hydroxylation sites is 2. The van der Waals surface area contributed by atoms with E-state index in [1.165, 1.54) is 35.9 Å². The second-order valence-corrected chi connectivity index (χ2v) is 9.22. The number of hydrogen-bond acceptors (Lipinski definition) is 8. The lowest BCUT2D eigenvalue weighted by atomic mass is 10.0. The number of carbonyl (C=O) groups is 1. The van der Waals surface area contributed by atoms with Crippen molar-refractivity contribution in [1.29, 1.82) is 5.26 Å². The van der Waals surface area contributed by atoms with Crippen LogP contribution in [0.1, 0.15) is 5.56 Å². The number of thiophene rings is 1. The molecule has 0 atom stereocenters. The number of H-pyrrole nitrogens is 1. The van der Waals surface area contributed by atoms with E-state index < -0.39 is 18.1 Å². The summed E-state index contributed by atoms with van der Waals surface area (Å²) in [5.74, 6) is -0.0834. The molecule has 0 spiro atoms. The Balaban J connectivity index is 1.39. The van der Waals surface area contributed by atoms with Crippen molar-refractivity contribution in [3.05, 3.63) is 60.4 Å². The van der Waals surface area contributed by atoms with Gasteiger partial charge in [-0.05, 0) is 29.8 Å². The van der Waals surface area contributed by atoms with E-state index in [2.05, 4.69) is 41.5 Å². The van der Waals surface area contributed by atoms with Gasteiger partial charge in [0.1, 0.15) is 17.4 Å². The van der Waals surface area contributed by atoms with Gasteiger partial charge in [0.25, 0.3) is 0 Å².